The zero-order valence-corrected chi connectivity index (χ0v) is 13.2. The smallest absolute Gasteiger partial charge is 0.0782 e. The lowest BCUT2D eigenvalue weighted by molar-refractivity contribution is 0.199. The van der Waals surface area contributed by atoms with Gasteiger partial charge in [0, 0.05) is 29.3 Å². The Hall–Kier alpha value is -0.580. The van der Waals surface area contributed by atoms with E-state index in [0.29, 0.717) is 0 Å². The fraction of sp³-hybridized carbons (Fsp3) is 0.571. The van der Waals surface area contributed by atoms with Gasteiger partial charge in [0.05, 0.1) is 6.10 Å². The van der Waals surface area contributed by atoms with Crippen molar-refractivity contribution in [3.8, 4) is 0 Å². The summed E-state index contributed by atoms with van der Waals surface area (Å²) in [6.07, 6.45) is 0.666. The molecular formula is C14H23BrN2O. The monoisotopic (exact) mass is 314 g/mol. The van der Waals surface area contributed by atoms with E-state index in [0.717, 1.165) is 35.2 Å². The third kappa shape index (κ3) is 4.59. The van der Waals surface area contributed by atoms with Crippen LogP contribution in [0.3, 0.4) is 0 Å². The van der Waals surface area contributed by atoms with E-state index in [1.165, 1.54) is 0 Å². The van der Waals surface area contributed by atoms with Crippen molar-refractivity contribution in [1.82, 2.24) is 4.90 Å². The van der Waals surface area contributed by atoms with Crippen molar-refractivity contribution in [2.75, 3.05) is 39.1 Å². The van der Waals surface area contributed by atoms with Crippen LogP contribution >= 0.6 is 15.9 Å². The predicted octanol–water partition coefficient (Wildman–Crippen LogP) is 2.89. The van der Waals surface area contributed by atoms with Gasteiger partial charge in [0.15, 0.2) is 0 Å². The molecule has 1 atom stereocenters. The Bertz CT molecular complexity index is 380. The molecule has 1 aromatic rings. The molecule has 0 aliphatic carbocycles. The van der Waals surface area contributed by atoms with Crippen LogP contribution in [0.15, 0.2) is 22.7 Å². The van der Waals surface area contributed by atoms with Crippen LogP contribution in [0.1, 0.15) is 25.0 Å². The molecule has 3 nitrogen and oxygen atoms in total. The molecular weight excluding hydrogens is 292 g/mol. The van der Waals surface area contributed by atoms with Crippen LogP contribution in [0.2, 0.25) is 0 Å². The number of halogens is 1. The average Bonchev–Trinajstić information content (AvgIpc) is 2.27. The summed E-state index contributed by atoms with van der Waals surface area (Å²) in [6.45, 7) is 3.86. The van der Waals surface area contributed by atoms with Crippen molar-refractivity contribution in [3.63, 3.8) is 0 Å². The van der Waals surface area contributed by atoms with Gasteiger partial charge in [0.25, 0.3) is 0 Å². The molecule has 1 N–H and O–H groups in total. The van der Waals surface area contributed by atoms with Gasteiger partial charge < -0.3 is 14.9 Å². The van der Waals surface area contributed by atoms with E-state index < -0.39 is 6.10 Å². The summed E-state index contributed by atoms with van der Waals surface area (Å²) in [4.78, 5) is 4.39. The summed E-state index contributed by atoms with van der Waals surface area (Å²) in [5, 5.41) is 9.81. The Balaban J connectivity index is 2.77. The normalized spacial score (nSPS) is 12.8. The van der Waals surface area contributed by atoms with Gasteiger partial charge >= 0.3 is 0 Å². The zero-order valence-electron chi connectivity index (χ0n) is 11.7. The van der Waals surface area contributed by atoms with Crippen molar-refractivity contribution in [3.05, 3.63) is 28.2 Å². The number of aliphatic hydroxyl groups is 1. The molecule has 0 bridgehead atoms. The first-order chi connectivity index (χ1) is 8.41. The number of benzene rings is 1. The lowest BCUT2D eigenvalue weighted by atomic mass is 10.1. The second-order valence-corrected chi connectivity index (χ2v) is 5.87. The molecule has 102 valence electrons. The summed E-state index contributed by atoms with van der Waals surface area (Å²) in [6, 6.07) is 6.02. The van der Waals surface area contributed by atoms with Crippen LogP contribution < -0.4 is 4.90 Å². The molecule has 0 saturated carbocycles. The highest BCUT2D eigenvalue weighted by Gasteiger charge is 2.12. The first-order valence-electron chi connectivity index (χ1n) is 6.25. The molecule has 1 unspecified atom stereocenters. The molecule has 0 radical (unpaired) electrons. The van der Waals surface area contributed by atoms with Gasteiger partial charge in [-0.05, 0) is 46.1 Å². The highest BCUT2D eigenvalue weighted by Crippen LogP contribution is 2.29. The van der Waals surface area contributed by atoms with Crippen molar-refractivity contribution < 1.29 is 5.11 Å². The minimum atomic E-state index is -0.440. The largest absolute Gasteiger partial charge is 0.389 e. The Morgan fingerprint density at radius 3 is 2.44 bits per heavy atom. The minimum Gasteiger partial charge on any atom is -0.389 e. The van der Waals surface area contributed by atoms with Crippen molar-refractivity contribution in [2.24, 2.45) is 0 Å². The molecule has 0 amide bonds. The summed E-state index contributed by atoms with van der Waals surface area (Å²) in [5.74, 6) is 0. The topological polar surface area (TPSA) is 26.7 Å². The summed E-state index contributed by atoms with van der Waals surface area (Å²) >= 11 is 3.49. The van der Waals surface area contributed by atoms with Crippen molar-refractivity contribution in [1.29, 1.82) is 0 Å². The highest BCUT2D eigenvalue weighted by atomic mass is 79.9. The minimum absolute atomic E-state index is 0.440. The Kier molecular flexibility index (Phi) is 6.12. The summed E-state index contributed by atoms with van der Waals surface area (Å²) in [5.41, 5.74) is 2.07. The van der Waals surface area contributed by atoms with Gasteiger partial charge in [-0.3, -0.25) is 0 Å². The SMILES string of the molecule is CC(O)c1ccc(Br)cc1N(C)CCCN(C)C. The fourth-order valence-electron chi connectivity index (χ4n) is 1.95. The second-order valence-electron chi connectivity index (χ2n) is 4.96. The Labute approximate surface area is 119 Å². The van der Waals surface area contributed by atoms with E-state index in [9.17, 15) is 5.11 Å². The molecule has 18 heavy (non-hydrogen) atoms. The molecule has 0 fully saturated rings. The van der Waals surface area contributed by atoms with Crippen LogP contribution in [0, 0.1) is 0 Å². The Morgan fingerprint density at radius 2 is 1.89 bits per heavy atom. The molecule has 0 aliphatic heterocycles. The summed E-state index contributed by atoms with van der Waals surface area (Å²) in [7, 11) is 6.24. The predicted molar refractivity (Wildman–Crippen MR) is 81.2 cm³/mol. The maximum absolute atomic E-state index is 9.81. The van der Waals surface area contributed by atoms with Gasteiger partial charge in [0.1, 0.15) is 0 Å². The van der Waals surface area contributed by atoms with E-state index in [1.807, 2.05) is 12.1 Å². The maximum Gasteiger partial charge on any atom is 0.0782 e. The van der Waals surface area contributed by atoms with E-state index in [1.54, 1.807) is 6.92 Å². The number of anilines is 1. The van der Waals surface area contributed by atoms with Gasteiger partial charge in [-0.2, -0.15) is 0 Å². The first-order valence-corrected chi connectivity index (χ1v) is 7.04. The third-order valence-electron chi connectivity index (χ3n) is 2.95. The molecule has 0 heterocycles. The van der Waals surface area contributed by atoms with E-state index >= 15 is 0 Å². The highest BCUT2D eigenvalue weighted by molar-refractivity contribution is 9.10. The first kappa shape index (κ1) is 15.5. The van der Waals surface area contributed by atoms with Gasteiger partial charge in [-0.15, -0.1) is 0 Å². The van der Waals surface area contributed by atoms with Crippen LogP contribution in [-0.4, -0.2) is 44.2 Å². The molecule has 1 rings (SSSR count). The maximum atomic E-state index is 9.81. The molecule has 4 heteroatoms. The van der Waals surface area contributed by atoms with Crippen LogP contribution in [-0.2, 0) is 0 Å². The van der Waals surface area contributed by atoms with Crippen LogP contribution in [0.4, 0.5) is 5.69 Å². The summed E-state index contributed by atoms with van der Waals surface area (Å²) < 4.78 is 1.04. The molecule has 0 spiro atoms. The van der Waals surface area contributed by atoms with Crippen LogP contribution in [0.25, 0.3) is 0 Å². The average molecular weight is 315 g/mol. The lowest BCUT2D eigenvalue weighted by Gasteiger charge is -2.24. The van der Waals surface area contributed by atoms with E-state index in [2.05, 4.69) is 52.9 Å². The zero-order chi connectivity index (χ0) is 13.7. The van der Waals surface area contributed by atoms with Crippen LogP contribution in [0.5, 0.6) is 0 Å². The van der Waals surface area contributed by atoms with Crippen molar-refractivity contribution in [2.45, 2.75) is 19.4 Å². The number of hydrogen-bond donors (Lipinski definition) is 1. The number of nitrogens with zero attached hydrogens (tertiary/aromatic N) is 2. The van der Waals surface area contributed by atoms with Crippen molar-refractivity contribution >= 4 is 21.6 Å². The van der Waals surface area contributed by atoms with E-state index in [-0.39, 0.29) is 0 Å². The van der Waals surface area contributed by atoms with E-state index in [4.69, 9.17) is 0 Å². The number of hydrogen-bond acceptors (Lipinski definition) is 3. The van der Waals surface area contributed by atoms with Gasteiger partial charge in [-0.1, -0.05) is 22.0 Å². The quantitative estimate of drug-likeness (QED) is 0.874. The number of rotatable bonds is 6. The third-order valence-corrected chi connectivity index (χ3v) is 3.45. The Morgan fingerprint density at radius 1 is 1.22 bits per heavy atom. The molecule has 0 saturated heterocycles. The fourth-order valence-corrected chi connectivity index (χ4v) is 2.29. The second kappa shape index (κ2) is 7.12. The standard InChI is InChI=1S/C14H23BrN2O/c1-11(18)13-7-6-12(15)10-14(13)17(4)9-5-8-16(2)3/h6-7,10-11,18H,5,8-9H2,1-4H3. The van der Waals surface area contributed by atoms with Gasteiger partial charge in [0.2, 0.25) is 0 Å². The number of aliphatic hydroxyl groups excluding tert-OH is 1. The molecule has 0 aromatic heterocycles. The lowest BCUT2D eigenvalue weighted by Crippen LogP contribution is -2.24. The molecule has 1 aromatic carbocycles. The van der Waals surface area contributed by atoms with Gasteiger partial charge in [-0.25, -0.2) is 0 Å². The molecule has 0 aliphatic rings.